The maximum absolute atomic E-state index is 5.25. The molecular weight excluding hydrogens is 93.1 g/mol. The Morgan fingerprint density at radius 3 is 1.62 bits per heavy atom. The van der Waals surface area contributed by atoms with Crippen LogP contribution in [0.15, 0.2) is 30.3 Å². The van der Waals surface area contributed by atoms with E-state index in [9.17, 15) is 0 Å². The molecule has 0 saturated heterocycles. The third-order valence-electron chi connectivity index (χ3n) is 0.556. The Bertz CT molecular complexity index is 88.0. The van der Waals surface area contributed by atoms with Crippen LogP contribution in [-0.4, -0.2) is 10.1 Å². The summed E-state index contributed by atoms with van der Waals surface area (Å²) < 4.78 is 0. The van der Waals surface area contributed by atoms with Gasteiger partial charge in [0.25, 0.3) is 0 Å². The molecule has 36 valence electrons. The van der Waals surface area contributed by atoms with E-state index >= 15 is 0 Å². The van der Waals surface area contributed by atoms with Crippen LogP contribution in [0.4, 0.5) is 0 Å². The predicted molar refractivity (Wildman–Crippen MR) is 36.0 cm³/mol. The van der Waals surface area contributed by atoms with Crippen molar-refractivity contribution in [3.63, 3.8) is 0 Å². The van der Waals surface area contributed by atoms with Gasteiger partial charge in [0.15, 0.2) is 0 Å². The Labute approximate surface area is 54.1 Å². The molecule has 0 aliphatic rings. The van der Waals surface area contributed by atoms with Gasteiger partial charge in [-0.25, -0.2) is 12.1 Å². The summed E-state index contributed by atoms with van der Waals surface area (Å²) in [6.45, 7) is 0. The second kappa shape index (κ2) is 9.42. The van der Waals surface area contributed by atoms with Crippen molar-refractivity contribution in [3.8, 4) is 6.42 Å². The smallest absolute Gasteiger partial charge is 0.697 e. The zero-order valence-electron chi connectivity index (χ0n) is 4.67. The van der Waals surface area contributed by atoms with Gasteiger partial charge in [-0.2, -0.15) is 18.2 Å². The van der Waals surface area contributed by atoms with E-state index in [-0.39, 0.29) is 10.1 Å². The van der Waals surface area contributed by atoms with Crippen LogP contribution in [0.25, 0.3) is 0 Å². The molecule has 1 aromatic carbocycles. The van der Waals surface area contributed by atoms with E-state index in [1.54, 1.807) is 0 Å². The molecule has 0 heterocycles. The Morgan fingerprint density at radius 2 is 1.50 bits per heavy atom. The third-order valence-corrected chi connectivity index (χ3v) is 0.556. The summed E-state index contributed by atoms with van der Waals surface area (Å²) in [7, 11) is 0. The molecule has 0 bridgehead atoms. The maximum atomic E-state index is 5.25. The second-order valence-corrected chi connectivity index (χ2v) is 0.962. The first-order valence-corrected chi connectivity index (χ1v) is 1.96. The summed E-state index contributed by atoms with van der Waals surface area (Å²) in [5, 5.41) is 0. The minimum absolute atomic E-state index is 0. The van der Waals surface area contributed by atoms with Crippen molar-refractivity contribution in [1.82, 2.24) is 0 Å². The standard InChI is InChI=1S/C5H5.C2H.Be/c1-2-4-5-3-1;1-2;/h1-5H;1H;/q2*-1;+2. The molecule has 0 amide bonds. The second-order valence-electron chi connectivity index (χ2n) is 0.962. The van der Waals surface area contributed by atoms with Crippen molar-refractivity contribution in [2.45, 2.75) is 0 Å². The van der Waals surface area contributed by atoms with E-state index < -0.39 is 0 Å². The minimum Gasteiger partial charge on any atom is -0.697 e. The minimum atomic E-state index is 0. The number of rotatable bonds is 0. The van der Waals surface area contributed by atoms with E-state index in [2.05, 4.69) is 6.42 Å². The van der Waals surface area contributed by atoms with Crippen molar-refractivity contribution >= 4 is 10.1 Å². The van der Waals surface area contributed by atoms with E-state index in [0.29, 0.717) is 0 Å². The van der Waals surface area contributed by atoms with Gasteiger partial charge in [-0.3, -0.25) is 0 Å². The normalized spacial score (nSPS) is 5.25. The van der Waals surface area contributed by atoms with Gasteiger partial charge < -0.3 is 12.8 Å². The number of hydrogen-bond donors (Lipinski definition) is 0. The molecule has 0 saturated carbocycles. The molecule has 0 aliphatic carbocycles. The largest absolute Gasteiger partial charge is 2.00 e. The van der Waals surface area contributed by atoms with Crippen LogP contribution in [-0.2, 0) is 0 Å². The topological polar surface area (TPSA) is 0 Å². The quantitative estimate of drug-likeness (QED) is 0.261. The van der Waals surface area contributed by atoms with Crippen LogP contribution in [0, 0.1) is 12.8 Å². The zero-order chi connectivity index (χ0) is 5.54. The molecule has 0 aromatic heterocycles. The van der Waals surface area contributed by atoms with E-state index in [1.807, 2.05) is 30.3 Å². The fourth-order valence-corrected chi connectivity index (χ4v) is 0.321. The molecule has 0 radical (unpaired) electrons. The SMILES string of the molecule is [Be+2].[C-]#C.c1cc[cH-]c1. The van der Waals surface area contributed by atoms with Gasteiger partial charge in [-0.05, 0) is 0 Å². The van der Waals surface area contributed by atoms with E-state index in [1.165, 1.54) is 0 Å². The van der Waals surface area contributed by atoms with Gasteiger partial charge in [-0.15, -0.1) is 0 Å². The summed E-state index contributed by atoms with van der Waals surface area (Å²) in [5.74, 6) is 0. The Morgan fingerprint density at radius 1 is 1.12 bits per heavy atom. The predicted octanol–water partition coefficient (Wildman–Crippen LogP) is 1.23. The van der Waals surface area contributed by atoms with Crippen molar-refractivity contribution in [2.75, 3.05) is 0 Å². The molecule has 0 spiro atoms. The third kappa shape index (κ3) is 5.08. The Kier molecular flexibility index (Phi) is 11.9. The first-order chi connectivity index (χ1) is 3.50. The molecule has 1 aromatic rings. The van der Waals surface area contributed by atoms with Gasteiger partial charge in [-0.1, -0.05) is 0 Å². The molecule has 1 rings (SSSR count). The average Bonchev–Trinajstić information content (AvgIpc) is 2.23. The first-order valence-electron chi connectivity index (χ1n) is 1.96. The van der Waals surface area contributed by atoms with Crippen LogP contribution in [0.1, 0.15) is 0 Å². The molecule has 8 heavy (non-hydrogen) atoms. The van der Waals surface area contributed by atoms with Gasteiger partial charge in [0.1, 0.15) is 0 Å². The van der Waals surface area contributed by atoms with Gasteiger partial charge >= 0.3 is 10.1 Å². The molecule has 0 N–H and O–H groups in total. The van der Waals surface area contributed by atoms with Gasteiger partial charge in [0.05, 0.1) is 0 Å². The van der Waals surface area contributed by atoms with Gasteiger partial charge in [0.2, 0.25) is 0 Å². The Balaban J connectivity index is 0. The van der Waals surface area contributed by atoms with Crippen LogP contribution in [0.3, 0.4) is 0 Å². The summed E-state index contributed by atoms with van der Waals surface area (Å²) in [6, 6.07) is 10.0. The van der Waals surface area contributed by atoms with Crippen LogP contribution in [0.5, 0.6) is 0 Å². The average molecular weight is 99.1 g/mol. The number of terminal acetylenes is 1. The summed E-state index contributed by atoms with van der Waals surface area (Å²) in [4.78, 5) is 0. The maximum Gasteiger partial charge on any atom is 2.00 e. The molecule has 0 nitrogen and oxygen atoms in total. The number of hydrogen-bond acceptors (Lipinski definition) is 0. The molecule has 0 fully saturated rings. The van der Waals surface area contributed by atoms with Gasteiger partial charge in [0, 0.05) is 0 Å². The fraction of sp³-hybridized carbons (Fsp3) is 0. The van der Waals surface area contributed by atoms with E-state index in [0.717, 1.165) is 0 Å². The molecule has 0 aliphatic heterocycles. The molecular formula is C7H6Be. The van der Waals surface area contributed by atoms with Crippen molar-refractivity contribution in [1.29, 1.82) is 0 Å². The monoisotopic (exact) mass is 99.1 g/mol. The van der Waals surface area contributed by atoms with Crippen molar-refractivity contribution < 1.29 is 0 Å². The summed E-state index contributed by atoms with van der Waals surface area (Å²) in [6.07, 6.45) is 9.00. The fourth-order valence-electron chi connectivity index (χ4n) is 0.321. The molecule has 0 unspecified atom stereocenters. The summed E-state index contributed by atoms with van der Waals surface area (Å²) in [5.41, 5.74) is 0. The van der Waals surface area contributed by atoms with Crippen LogP contribution >= 0.6 is 0 Å². The van der Waals surface area contributed by atoms with Crippen molar-refractivity contribution in [3.05, 3.63) is 36.8 Å². The van der Waals surface area contributed by atoms with Crippen molar-refractivity contribution in [2.24, 2.45) is 0 Å². The zero-order valence-corrected chi connectivity index (χ0v) is 4.67. The molecule has 0 atom stereocenters. The van der Waals surface area contributed by atoms with Crippen LogP contribution in [0.2, 0.25) is 0 Å². The summed E-state index contributed by atoms with van der Waals surface area (Å²) >= 11 is 0. The van der Waals surface area contributed by atoms with Crippen LogP contribution < -0.4 is 0 Å². The Hall–Kier alpha value is -0.921. The first kappa shape index (κ1) is 10.1. The van der Waals surface area contributed by atoms with E-state index in [4.69, 9.17) is 6.42 Å². The molecule has 1 heteroatoms.